The van der Waals surface area contributed by atoms with Gasteiger partial charge in [0, 0.05) is 6.04 Å². The number of aliphatic carboxylic acids is 1. The first-order valence-corrected chi connectivity index (χ1v) is 5.68. The van der Waals surface area contributed by atoms with Crippen LogP contribution in [-0.4, -0.2) is 20.6 Å². The molecule has 0 saturated carbocycles. The van der Waals surface area contributed by atoms with E-state index >= 15 is 0 Å². The fraction of sp³-hybridized carbons (Fsp3) is 0.385. The molecule has 0 aliphatic carbocycles. The monoisotopic (exact) mass is 232 g/mol. The van der Waals surface area contributed by atoms with Crippen LogP contribution in [0, 0.1) is 6.92 Å². The van der Waals surface area contributed by atoms with E-state index in [-0.39, 0.29) is 12.5 Å². The number of imidazole rings is 1. The number of hydrogen-bond acceptors (Lipinski definition) is 2. The van der Waals surface area contributed by atoms with Crippen molar-refractivity contribution in [3.05, 3.63) is 29.6 Å². The number of aromatic nitrogens is 2. The number of benzene rings is 1. The maximum Gasteiger partial charge on any atom is 0.311 e. The Bertz CT molecular complexity index is 570. The minimum atomic E-state index is -0.848. The maximum atomic E-state index is 10.8. The van der Waals surface area contributed by atoms with Crippen molar-refractivity contribution in [3.8, 4) is 0 Å². The van der Waals surface area contributed by atoms with Crippen LogP contribution in [0.2, 0.25) is 0 Å². The highest BCUT2D eigenvalue weighted by atomic mass is 16.4. The first-order valence-electron chi connectivity index (χ1n) is 5.68. The molecule has 0 spiro atoms. The van der Waals surface area contributed by atoms with Gasteiger partial charge < -0.3 is 9.67 Å². The topological polar surface area (TPSA) is 55.1 Å². The van der Waals surface area contributed by atoms with Gasteiger partial charge in [0.15, 0.2) is 0 Å². The Hall–Kier alpha value is -1.84. The van der Waals surface area contributed by atoms with Crippen molar-refractivity contribution >= 4 is 17.0 Å². The number of rotatable bonds is 3. The molecule has 2 rings (SSSR count). The summed E-state index contributed by atoms with van der Waals surface area (Å²) < 4.78 is 1.99. The fourth-order valence-corrected chi connectivity index (χ4v) is 2.09. The van der Waals surface area contributed by atoms with Gasteiger partial charge in [0.1, 0.15) is 12.2 Å². The van der Waals surface area contributed by atoms with E-state index in [9.17, 15) is 4.79 Å². The standard InChI is InChI=1S/C13H16N2O2/c1-8(2)15-11-5-4-9(3)6-10(11)14-12(15)7-13(16)17/h4-6,8H,7H2,1-3H3,(H,16,17). The number of aryl methyl sites for hydroxylation is 1. The molecule has 0 unspecified atom stereocenters. The number of carbonyl (C=O) groups is 1. The zero-order valence-corrected chi connectivity index (χ0v) is 10.3. The fourth-order valence-electron chi connectivity index (χ4n) is 2.09. The Morgan fingerprint density at radius 1 is 1.47 bits per heavy atom. The molecule has 1 aromatic carbocycles. The Morgan fingerprint density at radius 3 is 2.76 bits per heavy atom. The SMILES string of the molecule is Cc1ccc2c(c1)nc(CC(=O)O)n2C(C)C. The van der Waals surface area contributed by atoms with Crippen LogP contribution in [0.3, 0.4) is 0 Å². The largest absolute Gasteiger partial charge is 0.481 e. The summed E-state index contributed by atoms with van der Waals surface area (Å²) in [5.41, 5.74) is 3.00. The average Bonchev–Trinajstić information content (AvgIpc) is 2.53. The lowest BCUT2D eigenvalue weighted by Crippen LogP contribution is -2.11. The first-order chi connectivity index (χ1) is 7.99. The number of fused-ring (bicyclic) bond motifs is 1. The third-order valence-electron chi connectivity index (χ3n) is 2.74. The molecule has 0 aliphatic rings. The molecule has 0 bridgehead atoms. The summed E-state index contributed by atoms with van der Waals surface area (Å²) in [6.07, 6.45) is -0.0358. The molecular weight excluding hydrogens is 216 g/mol. The number of carboxylic acids is 1. The zero-order valence-electron chi connectivity index (χ0n) is 10.3. The van der Waals surface area contributed by atoms with Crippen LogP contribution in [0.4, 0.5) is 0 Å². The van der Waals surface area contributed by atoms with E-state index in [2.05, 4.69) is 4.98 Å². The molecule has 4 heteroatoms. The molecule has 4 nitrogen and oxygen atoms in total. The lowest BCUT2D eigenvalue weighted by atomic mass is 10.2. The Morgan fingerprint density at radius 2 is 2.18 bits per heavy atom. The molecule has 90 valence electrons. The average molecular weight is 232 g/mol. The van der Waals surface area contributed by atoms with Crippen molar-refractivity contribution in [2.75, 3.05) is 0 Å². The predicted octanol–water partition coefficient (Wildman–Crippen LogP) is 2.55. The van der Waals surface area contributed by atoms with E-state index in [0.29, 0.717) is 5.82 Å². The zero-order chi connectivity index (χ0) is 12.6. The summed E-state index contributed by atoms with van der Waals surface area (Å²) in [6, 6.07) is 6.22. The third-order valence-corrected chi connectivity index (χ3v) is 2.74. The van der Waals surface area contributed by atoms with E-state index < -0.39 is 5.97 Å². The van der Waals surface area contributed by atoms with Crippen molar-refractivity contribution in [2.24, 2.45) is 0 Å². The quantitative estimate of drug-likeness (QED) is 0.884. The summed E-state index contributed by atoms with van der Waals surface area (Å²) in [4.78, 5) is 15.3. The minimum absolute atomic E-state index is 0.0358. The molecule has 1 heterocycles. The van der Waals surface area contributed by atoms with Crippen LogP contribution in [0.1, 0.15) is 31.3 Å². The van der Waals surface area contributed by atoms with Gasteiger partial charge in [-0.2, -0.15) is 0 Å². The van der Waals surface area contributed by atoms with Crippen LogP contribution >= 0.6 is 0 Å². The van der Waals surface area contributed by atoms with Crippen LogP contribution < -0.4 is 0 Å². The van der Waals surface area contributed by atoms with Gasteiger partial charge in [-0.05, 0) is 38.5 Å². The second-order valence-corrected chi connectivity index (χ2v) is 4.55. The van der Waals surface area contributed by atoms with Crippen molar-refractivity contribution < 1.29 is 9.90 Å². The number of nitrogens with zero attached hydrogens (tertiary/aromatic N) is 2. The van der Waals surface area contributed by atoms with Gasteiger partial charge in [0.05, 0.1) is 11.0 Å². The van der Waals surface area contributed by atoms with E-state index in [1.165, 1.54) is 0 Å². The molecule has 0 radical (unpaired) electrons. The molecule has 0 amide bonds. The lowest BCUT2D eigenvalue weighted by molar-refractivity contribution is -0.136. The summed E-state index contributed by atoms with van der Waals surface area (Å²) in [7, 11) is 0. The molecule has 0 fully saturated rings. The van der Waals surface area contributed by atoms with Crippen molar-refractivity contribution in [3.63, 3.8) is 0 Å². The van der Waals surface area contributed by atoms with Gasteiger partial charge in [0.2, 0.25) is 0 Å². The third kappa shape index (κ3) is 2.16. The molecule has 0 saturated heterocycles. The highest BCUT2D eigenvalue weighted by Crippen LogP contribution is 2.22. The van der Waals surface area contributed by atoms with Crippen LogP contribution in [0.25, 0.3) is 11.0 Å². The summed E-state index contributed by atoms with van der Waals surface area (Å²) in [5, 5.41) is 8.90. The van der Waals surface area contributed by atoms with E-state index in [0.717, 1.165) is 16.6 Å². The Labute approximate surface area is 99.9 Å². The summed E-state index contributed by atoms with van der Waals surface area (Å²) >= 11 is 0. The van der Waals surface area contributed by atoms with Gasteiger partial charge in [-0.15, -0.1) is 0 Å². The van der Waals surface area contributed by atoms with Crippen molar-refractivity contribution in [1.82, 2.24) is 9.55 Å². The normalized spacial score (nSPS) is 11.3. The van der Waals surface area contributed by atoms with Crippen molar-refractivity contribution in [2.45, 2.75) is 33.2 Å². The second-order valence-electron chi connectivity index (χ2n) is 4.55. The smallest absolute Gasteiger partial charge is 0.311 e. The van der Waals surface area contributed by atoms with E-state index in [4.69, 9.17) is 5.11 Å². The molecule has 17 heavy (non-hydrogen) atoms. The number of carboxylic acid groups (broad SMARTS) is 1. The molecule has 0 atom stereocenters. The molecule has 2 aromatic rings. The molecular formula is C13H16N2O2. The van der Waals surface area contributed by atoms with Crippen LogP contribution in [0.15, 0.2) is 18.2 Å². The predicted molar refractivity (Wildman–Crippen MR) is 66.2 cm³/mol. The second kappa shape index (κ2) is 4.20. The summed E-state index contributed by atoms with van der Waals surface area (Å²) in [5.74, 6) is -0.230. The molecule has 0 aliphatic heterocycles. The first kappa shape index (κ1) is 11.6. The van der Waals surface area contributed by atoms with E-state index in [1.807, 2.05) is 43.5 Å². The van der Waals surface area contributed by atoms with Crippen LogP contribution in [-0.2, 0) is 11.2 Å². The molecule has 1 aromatic heterocycles. The number of hydrogen-bond donors (Lipinski definition) is 1. The van der Waals surface area contributed by atoms with Crippen LogP contribution in [0.5, 0.6) is 0 Å². The van der Waals surface area contributed by atoms with Gasteiger partial charge in [-0.3, -0.25) is 4.79 Å². The molecule has 1 N–H and O–H groups in total. The highest BCUT2D eigenvalue weighted by Gasteiger charge is 2.15. The minimum Gasteiger partial charge on any atom is -0.481 e. The highest BCUT2D eigenvalue weighted by molar-refractivity contribution is 5.79. The lowest BCUT2D eigenvalue weighted by Gasteiger charge is -2.11. The maximum absolute atomic E-state index is 10.8. The van der Waals surface area contributed by atoms with Gasteiger partial charge in [-0.25, -0.2) is 4.98 Å². The van der Waals surface area contributed by atoms with Gasteiger partial charge in [-0.1, -0.05) is 6.07 Å². The Balaban J connectivity index is 2.65. The van der Waals surface area contributed by atoms with Gasteiger partial charge in [0.25, 0.3) is 0 Å². The van der Waals surface area contributed by atoms with Crippen molar-refractivity contribution in [1.29, 1.82) is 0 Å². The van der Waals surface area contributed by atoms with E-state index in [1.54, 1.807) is 0 Å². The summed E-state index contributed by atoms with van der Waals surface area (Å²) in [6.45, 7) is 6.07. The Kier molecular flexibility index (Phi) is 2.88. The van der Waals surface area contributed by atoms with Gasteiger partial charge >= 0.3 is 5.97 Å².